The van der Waals surface area contributed by atoms with Crippen LogP contribution < -0.4 is 10.6 Å². The van der Waals surface area contributed by atoms with E-state index in [1.165, 1.54) is 0 Å². The van der Waals surface area contributed by atoms with Crippen LogP contribution in [0.1, 0.15) is 5.69 Å². The predicted molar refractivity (Wildman–Crippen MR) is 74.0 cm³/mol. The highest BCUT2D eigenvalue weighted by atomic mass is 35.5. The molecule has 0 spiro atoms. The molecule has 1 heterocycles. The molecule has 0 aliphatic carbocycles. The smallest absolute Gasteiger partial charge is 0.0927 e. The van der Waals surface area contributed by atoms with Crippen LogP contribution in [-0.2, 0) is 6.54 Å². The topological polar surface area (TPSA) is 42.1 Å². The summed E-state index contributed by atoms with van der Waals surface area (Å²) in [6, 6.07) is 5.46. The van der Waals surface area contributed by atoms with Gasteiger partial charge >= 0.3 is 0 Å². The molecule has 0 fully saturated rings. The van der Waals surface area contributed by atoms with Crippen molar-refractivity contribution in [1.29, 1.82) is 0 Å². The molecule has 2 N–H and O–H groups in total. The van der Waals surface area contributed by atoms with Crippen LogP contribution in [0.5, 0.6) is 0 Å². The van der Waals surface area contributed by atoms with E-state index in [4.69, 9.17) is 28.9 Å². The van der Waals surface area contributed by atoms with Crippen LogP contribution in [-0.4, -0.2) is 19.1 Å². The minimum absolute atomic E-state index is 0.375. The Bertz CT molecular complexity index is 567. The van der Waals surface area contributed by atoms with Crippen LogP contribution >= 0.6 is 23.2 Å². The third-order valence-electron chi connectivity index (χ3n) is 2.58. The maximum atomic E-state index is 6.22. The zero-order chi connectivity index (χ0) is 12.6. The fraction of sp³-hybridized carbons (Fsp3) is 0.250. The van der Waals surface area contributed by atoms with Crippen molar-refractivity contribution in [3.63, 3.8) is 0 Å². The van der Waals surface area contributed by atoms with E-state index in [1.807, 2.05) is 25.1 Å². The van der Waals surface area contributed by atoms with Gasteiger partial charge in [-0.25, -0.2) is 4.98 Å². The predicted octanol–water partition coefficient (Wildman–Crippen LogP) is 3.07. The Morgan fingerprint density at radius 1 is 1.24 bits per heavy atom. The Balaban J connectivity index is 2.90. The van der Waals surface area contributed by atoms with Gasteiger partial charge in [-0.1, -0.05) is 23.2 Å². The first-order valence-corrected chi connectivity index (χ1v) is 5.95. The van der Waals surface area contributed by atoms with Crippen molar-refractivity contribution in [3.8, 4) is 0 Å². The van der Waals surface area contributed by atoms with E-state index in [9.17, 15) is 0 Å². The van der Waals surface area contributed by atoms with Gasteiger partial charge in [0.2, 0.25) is 0 Å². The quantitative estimate of drug-likeness (QED) is 0.911. The largest absolute Gasteiger partial charge is 0.377 e. The molecule has 3 nitrogen and oxygen atoms in total. The first-order valence-electron chi connectivity index (χ1n) is 5.19. The first kappa shape index (κ1) is 12.4. The molecule has 0 saturated carbocycles. The first-order chi connectivity index (χ1) is 8.04. The third-order valence-corrected chi connectivity index (χ3v) is 3.20. The fourth-order valence-corrected chi connectivity index (χ4v) is 2.21. The number of hydrogen-bond acceptors (Lipinski definition) is 3. The van der Waals surface area contributed by atoms with Crippen molar-refractivity contribution in [2.45, 2.75) is 6.54 Å². The molecule has 2 aromatic rings. The lowest BCUT2D eigenvalue weighted by Crippen LogP contribution is -2.11. The average Bonchev–Trinajstić information content (AvgIpc) is 2.32. The summed E-state index contributed by atoms with van der Waals surface area (Å²) < 4.78 is 0. The van der Waals surface area contributed by atoms with Crippen molar-refractivity contribution >= 4 is 39.8 Å². The molecule has 0 radical (unpaired) electrons. The number of anilines is 1. The van der Waals surface area contributed by atoms with Crippen molar-refractivity contribution in [2.75, 3.05) is 19.0 Å². The summed E-state index contributed by atoms with van der Waals surface area (Å²) in [6.07, 6.45) is 0. The summed E-state index contributed by atoms with van der Waals surface area (Å²) in [4.78, 5) is 6.41. The molecule has 2 rings (SSSR count). The van der Waals surface area contributed by atoms with E-state index in [2.05, 4.69) is 4.98 Å². The standard InChI is InChI=1S/C12H13Cl2N3/c1-17(2)10-5-7(6-15)16-12-9(14)4-3-8(13)11(10)12/h3-5H,6,15H2,1-2H3. The number of rotatable bonds is 2. The van der Waals surface area contributed by atoms with Gasteiger partial charge in [0.25, 0.3) is 0 Å². The van der Waals surface area contributed by atoms with E-state index >= 15 is 0 Å². The van der Waals surface area contributed by atoms with Crippen LogP contribution in [0.3, 0.4) is 0 Å². The normalized spacial score (nSPS) is 10.9. The fourth-order valence-electron chi connectivity index (χ4n) is 1.76. The lowest BCUT2D eigenvalue weighted by molar-refractivity contribution is 0.999. The van der Waals surface area contributed by atoms with E-state index in [1.54, 1.807) is 12.1 Å². The summed E-state index contributed by atoms with van der Waals surface area (Å²) in [5.74, 6) is 0. The Morgan fingerprint density at radius 3 is 2.47 bits per heavy atom. The number of hydrogen-bond donors (Lipinski definition) is 1. The molecular formula is C12H13Cl2N3. The van der Waals surface area contributed by atoms with Gasteiger partial charge in [-0.05, 0) is 18.2 Å². The lowest BCUT2D eigenvalue weighted by atomic mass is 10.1. The van der Waals surface area contributed by atoms with E-state index in [0.29, 0.717) is 22.1 Å². The van der Waals surface area contributed by atoms with Gasteiger partial charge in [-0.3, -0.25) is 0 Å². The number of benzene rings is 1. The van der Waals surface area contributed by atoms with E-state index in [0.717, 1.165) is 16.8 Å². The highest BCUT2D eigenvalue weighted by molar-refractivity contribution is 6.40. The van der Waals surface area contributed by atoms with Crippen molar-refractivity contribution < 1.29 is 0 Å². The molecule has 1 aromatic heterocycles. The van der Waals surface area contributed by atoms with Crippen LogP contribution in [0.2, 0.25) is 10.0 Å². The molecule has 0 saturated heterocycles. The van der Waals surface area contributed by atoms with Gasteiger partial charge in [0.1, 0.15) is 0 Å². The summed E-state index contributed by atoms with van der Waals surface area (Å²) in [6.45, 7) is 0.375. The minimum atomic E-state index is 0.375. The van der Waals surface area contributed by atoms with Gasteiger partial charge in [0.15, 0.2) is 0 Å². The van der Waals surface area contributed by atoms with Crippen LogP contribution in [0, 0.1) is 0 Å². The number of aromatic nitrogens is 1. The number of nitrogens with two attached hydrogens (primary N) is 1. The Labute approximate surface area is 110 Å². The lowest BCUT2D eigenvalue weighted by Gasteiger charge is -2.17. The van der Waals surface area contributed by atoms with Gasteiger partial charge in [-0.2, -0.15) is 0 Å². The minimum Gasteiger partial charge on any atom is -0.377 e. The molecule has 5 heteroatoms. The van der Waals surface area contributed by atoms with Gasteiger partial charge < -0.3 is 10.6 Å². The van der Waals surface area contributed by atoms with Crippen LogP contribution in [0.4, 0.5) is 5.69 Å². The molecule has 0 aliphatic rings. The summed E-state index contributed by atoms with van der Waals surface area (Å²) in [7, 11) is 3.90. The second kappa shape index (κ2) is 4.69. The number of pyridine rings is 1. The number of fused-ring (bicyclic) bond motifs is 1. The molecule has 1 aromatic carbocycles. The summed E-state index contributed by atoms with van der Waals surface area (Å²) >= 11 is 12.4. The van der Waals surface area contributed by atoms with Crippen molar-refractivity contribution in [2.24, 2.45) is 5.73 Å². The summed E-state index contributed by atoms with van der Waals surface area (Å²) in [5, 5.41) is 2.09. The zero-order valence-corrected chi connectivity index (χ0v) is 11.2. The zero-order valence-electron chi connectivity index (χ0n) is 9.67. The van der Waals surface area contributed by atoms with E-state index in [-0.39, 0.29) is 0 Å². The highest BCUT2D eigenvalue weighted by Crippen LogP contribution is 2.35. The molecule has 0 unspecified atom stereocenters. The maximum Gasteiger partial charge on any atom is 0.0927 e. The van der Waals surface area contributed by atoms with Gasteiger partial charge in [0, 0.05) is 31.7 Å². The Morgan fingerprint density at radius 2 is 1.88 bits per heavy atom. The van der Waals surface area contributed by atoms with Crippen LogP contribution in [0.25, 0.3) is 10.9 Å². The van der Waals surface area contributed by atoms with Crippen molar-refractivity contribution in [3.05, 3.63) is 33.9 Å². The van der Waals surface area contributed by atoms with Gasteiger partial charge in [-0.15, -0.1) is 0 Å². The second-order valence-electron chi connectivity index (χ2n) is 3.98. The number of halogens is 2. The van der Waals surface area contributed by atoms with Gasteiger partial charge in [0.05, 0.1) is 21.3 Å². The second-order valence-corrected chi connectivity index (χ2v) is 4.80. The molecule has 0 bridgehead atoms. The molecule has 90 valence electrons. The Hall–Kier alpha value is -1.03. The van der Waals surface area contributed by atoms with Crippen LogP contribution in [0.15, 0.2) is 18.2 Å². The molecule has 0 atom stereocenters. The maximum absolute atomic E-state index is 6.22. The average molecular weight is 270 g/mol. The SMILES string of the molecule is CN(C)c1cc(CN)nc2c(Cl)ccc(Cl)c12. The molecular weight excluding hydrogens is 257 g/mol. The van der Waals surface area contributed by atoms with Crippen molar-refractivity contribution in [1.82, 2.24) is 4.98 Å². The summed E-state index contributed by atoms with van der Waals surface area (Å²) in [5.41, 5.74) is 8.11. The third kappa shape index (κ3) is 2.18. The number of nitrogens with zero attached hydrogens (tertiary/aromatic N) is 2. The Kier molecular flexibility index (Phi) is 3.43. The molecule has 0 aliphatic heterocycles. The monoisotopic (exact) mass is 269 g/mol. The molecule has 0 amide bonds. The highest BCUT2D eigenvalue weighted by Gasteiger charge is 2.12. The van der Waals surface area contributed by atoms with E-state index < -0.39 is 0 Å². The molecule has 17 heavy (non-hydrogen) atoms.